The van der Waals surface area contributed by atoms with Gasteiger partial charge in [-0.25, -0.2) is 0 Å². The second kappa shape index (κ2) is 7.87. The van der Waals surface area contributed by atoms with Crippen LogP contribution in [0.3, 0.4) is 0 Å². The number of benzene rings is 1. The van der Waals surface area contributed by atoms with Crippen LogP contribution in [0.4, 0.5) is 8.78 Å². The van der Waals surface area contributed by atoms with Crippen molar-refractivity contribution in [2.24, 2.45) is 0 Å². The first-order chi connectivity index (χ1) is 10.2. The van der Waals surface area contributed by atoms with Gasteiger partial charge in [0.05, 0.1) is 10.7 Å². The molecular weight excluding hydrogens is 350 g/mol. The van der Waals surface area contributed by atoms with Crippen molar-refractivity contribution in [3.8, 4) is 12.3 Å². The van der Waals surface area contributed by atoms with Gasteiger partial charge in [0.1, 0.15) is 0 Å². The summed E-state index contributed by atoms with van der Waals surface area (Å²) in [5.41, 5.74) is 1.34. The Kier molecular flexibility index (Phi) is 6.74. The molecule has 0 aliphatic heterocycles. The van der Waals surface area contributed by atoms with E-state index in [0.717, 1.165) is 11.1 Å². The molecule has 1 aromatic rings. The number of halogens is 3. The van der Waals surface area contributed by atoms with Crippen LogP contribution in [0.25, 0.3) is 0 Å². The molecule has 0 aliphatic carbocycles. The fourth-order valence-corrected chi connectivity index (χ4v) is 3.10. The van der Waals surface area contributed by atoms with Crippen molar-refractivity contribution in [1.82, 2.24) is 0 Å². The van der Waals surface area contributed by atoms with Gasteiger partial charge in [-0.3, -0.25) is 4.79 Å². The summed E-state index contributed by atoms with van der Waals surface area (Å²) >= 11 is 3.22. The Morgan fingerprint density at radius 2 is 1.95 bits per heavy atom. The van der Waals surface area contributed by atoms with E-state index in [4.69, 9.17) is 6.42 Å². The van der Waals surface area contributed by atoms with Crippen molar-refractivity contribution in [1.29, 1.82) is 0 Å². The van der Waals surface area contributed by atoms with E-state index >= 15 is 0 Å². The van der Waals surface area contributed by atoms with Gasteiger partial charge >= 0.3 is 5.92 Å². The molecule has 0 fully saturated rings. The molecule has 0 bridgehead atoms. The van der Waals surface area contributed by atoms with E-state index in [-0.39, 0.29) is 17.5 Å². The summed E-state index contributed by atoms with van der Waals surface area (Å²) in [7, 11) is 0. The molecule has 0 spiro atoms. The molecule has 1 atom stereocenters. The number of rotatable bonds is 8. The van der Waals surface area contributed by atoms with Gasteiger partial charge in [0.2, 0.25) is 0 Å². The maximum Gasteiger partial charge on any atom is 0.307 e. The molecule has 22 heavy (non-hydrogen) atoms. The van der Waals surface area contributed by atoms with Gasteiger partial charge in [0, 0.05) is 6.42 Å². The first-order valence-corrected chi connectivity index (χ1v) is 8.39. The Morgan fingerprint density at radius 1 is 1.32 bits per heavy atom. The highest BCUT2D eigenvalue weighted by molar-refractivity contribution is 9.09. The quantitative estimate of drug-likeness (QED) is 0.355. The molecule has 0 amide bonds. The van der Waals surface area contributed by atoms with Crippen molar-refractivity contribution in [2.45, 2.75) is 50.9 Å². The van der Waals surface area contributed by atoms with Crippen LogP contribution in [-0.4, -0.2) is 17.0 Å². The standard InChI is InChI=1S/C18H21BrF2O/c1-4-18(20,21)11-6-5-10-17(3,16(22)13-19)15-9-7-8-14(2)12-15/h1,7-9,12H,5-6,10-11,13H2,2-3H3. The molecule has 0 aliphatic rings. The van der Waals surface area contributed by atoms with E-state index < -0.39 is 11.3 Å². The van der Waals surface area contributed by atoms with Crippen LogP contribution in [-0.2, 0) is 10.2 Å². The molecular formula is C18H21BrF2O. The lowest BCUT2D eigenvalue weighted by atomic mass is 9.74. The normalized spacial score (nSPS) is 14.2. The van der Waals surface area contributed by atoms with E-state index in [2.05, 4.69) is 15.9 Å². The Balaban J connectivity index is 2.82. The van der Waals surface area contributed by atoms with Gasteiger partial charge in [0.25, 0.3) is 0 Å². The van der Waals surface area contributed by atoms with E-state index in [9.17, 15) is 13.6 Å². The van der Waals surface area contributed by atoms with E-state index in [1.165, 1.54) is 5.92 Å². The van der Waals surface area contributed by atoms with Crippen molar-refractivity contribution < 1.29 is 13.6 Å². The maximum absolute atomic E-state index is 13.1. The number of carbonyl (C=O) groups is 1. The summed E-state index contributed by atoms with van der Waals surface area (Å²) in [6.45, 7) is 3.85. The van der Waals surface area contributed by atoms with Crippen LogP contribution in [0, 0.1) is 19.3 Å². The minimum atomic E-state index is -3.06. The molecule has 0 radical (unpaired) electrons. The third kappa shape index (κ3) is 4.91. The van der Waals surface area contributed by atoms with Gasteiger partial charge in [-0.1, -0.05) is 52.2 Å². The van der Waals surface area contributed by atoms with Crippen LogP contribution < -0.4 is 0 Å². The van der Waals surface area contributed by atoms with Crippen molar-refractivity contribution >= 4 is 21.7 Å². The largest absolute Gasteiger partial charge is 0.307 e. The van der Waals surface area contributed by atoms with Crippen molar-refractivity contribution in [3.05, 3.63) is 35.4 Å². The molecule has 0 aromatic heterocycles. The molecule has 0 heterocycles. The topological polar surface area (TPSA) is 17.1 Å². The second-order valence-electron chi connectivity index (χ2n) is 5.81. The number of Topliss-reactive ketones (excluding diaryl/α,β-unsaturated/α-hetero) is 1. The zero-order valence-corrected chi connectivity index (χ0v) is 14.6. The van der Waals surface area contributed by atoms with E-state index in [1.807, 2.05) is 38.1 Å². The number of hydrogen-bond donors (Lipinski definition) is 0. The zero-order chi connectivity index (χ0) is 16.8. The molecule has 120 valence electrons. The third-order valence-electron chi connectivity index (χ3n) is 4.02. The smallest absolute Gasteiger partial charge is 0.298 e. The zero-order valence-electron chi connectivity index (χ0n) is 13.0. The molecule has 0 N–H and O–H groups in total. The molecule has 1 rings (SSSR count). The molecule has 1 nitrogen and oxygen atoms in total. The van der Waals surface area contributed by atoms with Crippen LogP contribution in [0.15, 0.2) is 24.3 Å². The number of alkyl halides is 3. The van der Waals surface area contributed by atoms with Gasteiger partial charge in [-0.05, 0) is 38.2 Å². The highest BCUT2D eigenvalue weighted by atomic mass is 79.9. The van der Waals surface area contributed by atoms with Crippen LogP contribution >= 0.6 is 15.9 Å². The van der Waals surface area contributed by atoms with Crippen molar-refractivity contribution in [2.75, 3.05) is 5.33 Å². The summed E-state index contributed by atoms with van der Waals surface area (Å²) in [5, 5.41) is 0.248. The lowest BCUT2D eigenvalue weighted by molar-refractivity contribution is -0.121. The number of unbranched alkanes of at least 4 members (excludes halogenated alkanes) is 1. The number of terminal acetylenes is 1. The summed E-state index contributed by atoms with van der Waals surface area (Å²) in [6.07, 6.45) is 5.81. The Hall–Kier alpha value is -1.21. The monoisotopic (exact) mass is 370 g/mol. The second-order valence-corrected chi connectivity index (χ2v) is 6.38. The van der Waals surface area contributed by atoms with Crippen LogP contribution in [0.2, 0.25) is 0 Å². The van der Waals surface area contributed by atoms with Gasteiger partial charge in [-0.15, -0.1) is 6.42 Å². The predicted molar refractivity (Wildman–Crippen MR) is 89.6 cm³/mol. The fraction of sp³-hybridized carbons (Fsp3) is 0.500. The summed E-state index contributed by atoms with van der Waals surface area (Å²) in [5.74, 6) is -1.49. The SMILES string of the molecule is C#CC(F)(F)CCCCC(C)(C(=O)CBr)c1cccc(C)c1. The Bertz CT molecular complexity index is 562. The van der Waals surface area contributed by atoms with Gasteiger partial charge < -0.3 is 0 Å². The molecule has 1 aromatic carbocycles. The van der Waals surface area contributed by atoms with E-state index in [0.29, 0.717) is 19.3 Å². The van der Waals surface area contributed by atoms with Gasteiger partial charge in [-0.2, -0.15) is 8.78 Å². The molecule has 0 saturated heterocycles. The summed E-state index contributed by atoms with van der Waals surface area (Å²) in [4.78, 5) is 12.4. The third-order valence-corrected chi connectivity index (χ3v) is 4.53. The Morgan fingerprint density at radius 3 is 2.50 bits per heavy atom. The fourth-order valence-electron chi connectivity index (χ4n) is 2.48. The average Bonchev–Trinajstić information content (AvgIpc) is 2.50. The van der Waals surface area contributed by atoms with Crippen LogP contribution in [0.5, 0.6) is 0 Å². The predicted octanol–water partition coefficient (Wildman–Crippen LogP) is 5.05. The van der Waals surface area contributed by atoms with Crippen LogP contribution in [0.1, 0.15) is 43.7 Å². The first kappa shape index (κ1) is 18.8. The number of hydrogen-bond acceptors (Lipinski definition) is 1. The van der Waals surface area contributed by atoms with Crippen molar-refractivity contribution in [3.63, 3.8) is 0 Å². The number of aryl methyl sites for hydroxylation is 1. The minimum Gasteiger partial charge on any atom is -0.298 e. The van der Waals surface area contributed by atoms with E-state index in [1.54, 1.807) is 0 Å². The lowest BCUT2D eigenvalue weighted by Crippen LogP contribution is -2.33. The maximum atomic E-state index is 13.1. The first-order valence-electron chi connectivity index (χ1n) is 7.27. The molecule has 1 unspecified atom stereocenters. The summed E-state index contributed by atoms with van der Waals surface area (Å²) in [6, 6.07) is 7.78. The number of carbonyl (C=O) groups excluding carboxylic acids is 1. The average molecular weight is 371 g/mol. The highest BCUT2D eigenvalue weighted by Crippen LogP contribution is 2.33. The lowest BCUT2D eigenvalue weighted by Gasteiger charge is -2.28. The summed E-state index contributed by atoms with van der Waals surface area (Å²) < 4.78 is 26.1. The Labute approximate surface area is 139 Å². The van der Waals surface area contributed by atoms with Gasteiger partial charge in [0.15, 0.2) is 5.78 Å². The molecule has 0 saturated carbocycles. The highest BCUT2D eigenvalue weighted by Gasteiger charge is 2.34. The minimum absolute atomic E-state index is 0.0572. The molecule has 4 heteroatoms. The number of ketones is 1.